The van der Waals surface area contributed by atoms with Crippen LogP contribution in [0.2, 0.25) is 0 Å². The zero-order valence-corrected chi connectivity index (χ0v) is 15.8. The molecule has 3 heterocycles. The van der Waals surface area contributed by atoms with Crippen LogP contribution in [0.25, 0.3) is 0 Å². The SMILES string of the molecule is COC(=O)[C@@]12OC(=O)C[C@@H]1c1cc3c(cc1[C@@]2(O)c1ccc2c(c1)OCO2)OCO3. The number of rotatable bonds is 2. The molecule has 1 aliphatic carbocycles. The molecule has 9 nitrogen and oxygen atoms in total. The monoisotopic (exact) mass is 412 g/mol. The van der Waals surface area contributed by atoms with Crippen LogP contribution in [0.5, 0.6) is 23.0 Å². The Morgan fingerprint density at radius 2 is 1.70 bits per heavy atom. The highest BCUT2D eigenvalue weighted by Gasteiger charge is 2.74. The van der Waals surface area contributed by atoms with Gasteiger partial charge in [-0.3, -0.25) is 4.79 Å². The molecule has 1 fully saturated rings. The molecule has 1 saturated heterocycles. The van der Waals surface area contributed by atoms with Gasteiger partial charge >= 0.3 is 11.9 Å². The number of hydrogen-bond acceptors (Lipinski definition) is 9. The van der Waals surface area contributed by atoms with E-state index in [1.165, 1.54) is 7.11 Å². The smallest absolute Gasteiger partial charge is 0.354 e. The lowest BCUT2D eigenvalue weighted by Gasteiger charge is -2.39. The lowest BCUT2D eigenvalue weighted by atomic mass is 9.74. The molecule has 2 aromatic rings. The first-order valence-electron chi connectivity index (χ1n) is 9.36. The summed E-state index contributed by atoms with van der Waals surface area (Å²) in [7, 11) is 1.19. The summed E-state index contributed by atoms with van der Waals surface area (Å²) in [5.74, 6) is -0.391. The van der Waals surface area contributed by atoms with E-state index in [9.17, 15) is 14.7 Å². The first kappa shape index (κ1) is 17.4. The summed E-state index contributed by atoms with van der Waals surface area (Å²) in [6, 6.07) is 8.14. The number of ether oxygens (including phenoxy) is 6. The lowest BCUT2D eigenvalue weighted by Crippen LogP contribution is -2.57. The molecule has 0 aromatic heterocycles. The third-order valence-corrected chi connectivity index (χ3v) is 6.26. The summed E-state index contributed by atoms with van der Waals surface area (Å²) in [6.07, 6.45) is -0.0887. The molecular weight excluding hydrogens is 396 g/mol. The Hall–Kier alpha value is -3.46. The van der Waals surface area contributed by atoms with Crippen LogP contribution in [0, 0.1) is 0 Å². The zero-order valence-electron chi connectivity index (χ0n) is 15.8. The Labute approximate surface area is 170 Å². The van der Waals surface area contributed by atoms with Crippen LogP contribution in [0.3, 0.4) is 0 Å². The highest BCUT2D eigenvalue weighted by Crippen LogP contribution is 2.63. The van der Waals surface area contributed by atoms with E-state index in [0.717, 1.165) is 0 Å². The Balaban J connectivity index is 1.66. The van der Waals surface area contributed by atoms with Crippen molar-refractivity contribution in [3.63, 3.8) is 0 Å². The third-order valence-electron chi connectivity index (χ3n) is 6.26. The molecule has 0 bridgehead atoms. The van der Waals surface area contributed by atoms with E-state index in [1.54, 1.807) is 30.3 Å². The number of methoxy groups -OCH3 is 1. The molecule has 0 spiro atoms. The predicted molar refractivity (Wildman–Crippen MR) is 96.3 cm³/mol. The van der Waals surface area contributed by atoms with E-state index in [0.29, 0.717) is 39.7 Å². The Morgan fingerprint density at radius 3 is 2.43 bits per heavy atom. The molecule has 0 amide bonds. The van der Waals surface area contributed by atoms with Crippen molar-refractivity contribution >= 4 is 11.9 Å². The van der Waals surface area contributed by atoms with Crippen LogP contribution in [0.1, 0.15) is 29.0 Å². The largest absolute Gasteiger partial charge is 0.466 e. The first-order valence-corrected chi connectivity index (χ1v) is 9.36. The number of carbonyl (C=O) groups excluding carboxylic acids is 2. The van der Waals surface area contributed by atoms with Gasteiger partial charge in [-0.2, -0.15) is 0 Å². The normalized spacial score (nSPS) is 29.4. The van der Waals surface area contributed by atoms with Gasteiger partial charge in [0.05, 0.1) is 13.5 Å². The van der Waals surface area contributed by atoms with E-state index < -0.39 is 29.1 Å². The maximum Gasteiger partial charge on any atom is 0.354 e. The molecular formula is C21H16O9. The molecule has 0 saturated carbocycles. The summed E-state index contributed by atoms with van der Waals surface area (Å²) in [6.45, 7) is 0.0924. The number of benzene rings is 2. The zero-order chi connectivity index (χ0) is 20.7. The Kier molecular flexibility index (Phi) is 3.23. The van der Waals surface area contributed by atoms with E-state index >= 15 is 0 Å². The molecule has 0 unspecified atom stereocenters. The predicted octanol–water partition coefficient (Wildman–Crippen LogP) is 1.34. The third kappa shape index (κ3) is 1.86. The van der Waals surface area contributed by atoms with Crippen LogP contribution >= 0.6 is 0 Å². The van der Waals surface area contributed by atoms with Crippen LogP contribution in [0.4, 0.5) is 0 Å². The number of carbonyl (C=O) groups is 2. The summed E-state index contributed by atoms with van der Waals surface area (Å²) in [4.78, 5) is 25.5. The maximum absolute atomic E-state index is 13.1. The fourth-order valence-corrected chi connectivity index (χ4v) is 4.99. The van der Waals surface area contributed by atoms with Crippen LogP contribution in [0.15, 0.2) is 30.3 Å². The van der Waals surface area contributed by atoms with Crippen molar-refractivity contribution in [3.8, 4) is 23.0 Å². The summed E-state index contributed by atoms with van der Waals surface area (Å²) >= 11 is 0. The molecule has 30 heavy (non-hydrogen) atoms. The van der Waals surface area contributed by atoms with Crippen molar-refractivity contribution in [2.24, 2.45) is 0 Å². The van der Waals surface area contributed by atoms with Gasteiger partial charge in [-0.25, -0.2) is 4.79 Å². The highest BCUT2D eigenvalue weighted by atomic mass is 16.7. The second-order valence-electron chi connectivity index (χ2n) is 7.53. The summed E-state index contributed by atoms with van der Waals surface area (Å²) < 4.78 is 32.4. The molecule has 3 aliphatic heterocycles. The van der Waals surface area contributed by atoms with Gasteiger partial charge in [-0.1, -0.05) is 6.07 Å². The lowest BCUT2D eigenvalue weighted by molar-refractivity contribution is -0.197. The average Bonchev–Trinajstić information content (AvgIpc) is 3.50. The summed E-state index contributed by atoms with van der Waals surface area (Å²) in [5, 5.41) is 12.2. The van der Waals surface area contributed by atoms with Gasteiger partial charge in [0.15, 0.2) is 28.6 Å². The first-order chi connectivity index (χ1) is 14.5. The van der Waals surface area contributed by atoms with Gasteiger partial charge in [0.25, 0.3) is 5.60 Å². The second kappa shape index (κ2) is 5.57. The fourth-order valence-electron chi connectivity index (χ4n) is 4.99. The topological polar surface area (TPSA) is 110 Å². The Morgan fingerprint density at radius 1 is 1.03 bits per heavy atom. The maximum atomic E-state index is 13.1. The Bertz CT molecular complexity index is 1130. The molecule has 9 heteroatoms. The van der Waals surface area contributed by atoms with Crippen LogP contribution in [-0.4, -0.2) is 43.3 Å². The van der Waals surface area contributed by atoms with E-state index in [2.05, 4.69) is 0 Å². The minimum absolute atomic E-state index is 0.0446. The standard InChI is InChI=1S/C21H16O9/c1-25-19(23)21-13(7-18(22)30-21)11-5-16-17(29-9-28-16)6-12(11)20(21,24)10-2-3-14-15(4-10)27-8-26-14/h2-6,13,24H,7-9H2,1H3/t13-,20+,21+/m1/s1. The van der Waals surface area contributed by atoms with Crippen molar-refractivity contribution in [2.45, 2.75) is 23.5 Å². The van der Waals surface area contributed by atoms with E-state index in [1.807, 2.05) is 0 Å². The van der Waals surface area contributed by atoms with Crippen molar-refractivity contribution in [1.29, 1.82) is 0 Å². The molecule has 1 N–H and O–H groups in total. The number of esters is 2. The van der Waals surface area contributed by atoms with Gasteiger partial charge in [0.2, 0.25) is 13.6 Å². The molecule has 3 atom stereocenters. The number of aliphatic hydroxyl groups is 1. The van der Waals surface area contributed by atoms with Crippen molar-refractivity contribution in [3.05, 3.63) is 47.0 Å². The molecule has 154 valence electrons. The van der Waals surface area contributed by atoms with Gasteiger partial charge < -0.3 is 33.5 Å². The molecule has 6 rings (SSSR count). The second-order valence-corrected chi connectivity index (χ2v) is 7.53. The molecule has 2 aromatic carbocycles. The van der Waals surface area contributed by atoms with Crippen molar-refractivity contribution in [1.82, 2.24) is 0 Å². The van der Waals surface area contributed by atoms with Gasteiger partial charge in [-0.15, -0.1) is 0 Å². The summed E-state index contributed by atoms with van der Waals surface area (Å²) in [5.41, 5.74) is -2.79. The quantitative estimate of drug-likeness (QED) is 0.731. The minimum Gasteiger partial charge on any atom is -0.466 e. The van der Waals surface area contributed by atoms with E-state index in [4.69, 9.17) is 28.4 Å². The number of hydrogen-bond donors (Lipinski definition) is 1. The van der Waals surface area contributed by atoms with Crippen LogP contribution < -0.4 is 18.9 Å². The minimum atomic E-state index is -2.05. The van der Waals surface area contributed by atoms with Gasteiger partial charge in [0.1, 0.15) is 0 Å². The highest BCUT2D eigenvalue weighted by molar-refractivity contribution is 5.94. The van der Waals surface area contributed by atoms with E-state index in [-0.39, 0.29) is 20.0 Å². The van der Waals surface area contributed by atoms with Gasteiger partial charge in [0, 0.05) is 11.5 Å². The van der Waals surface area contributed by atoms with Crippen LogP contribution in [-0.2, 0) is 24.7 Å². The van der Waals surface area contributed by atoms with Crippen molar-refractivity contribution < 1.29 is 43.1 Å². The van der Waals surface area contributed by atoms with Gasteiger partial charge in [-0.05, 0) is 35.4 Å². The average molecular weight is 412 g/mol. The fraction of sp³-hybridized carbons (Fsp3) is 0.333. The molecule has 0 radical (unpaired) electrons. The number of fused-ring (bicyclic) bond motifs is 5. The molecule has 4 aliphatic rings. The van der Waals surface area contributed by atoms with Crippen molar-refractivity contribution in [2.75, 3.05) is 20.7 Å².